The number of hydrogen-bond donors (Lipinski definition) is 1. The summed E-state index contributed by atoms with van der Waals surface area (Å²) in [7, 11) is 1.57. The molecule has 1 unspecified atom stereocenters. The molecule has 0 bridgehead atoms. The van der Waals surface area contributed by atoms with Crippen LogP contribution in [0, 0.1) is 0 Å². The van der Waals surface area contributed by atoms with Crippen LogP contribution in [-0.2, 0) is 0 Å². The summed E-state index contributed by atoms with van der Waals surface area (Å²) in [6.07, 6.45) is -0.777. The summed E-state index contributed by atoms with van der Waals surface area (Å²) < 4.78 is 5.07. The first-order valence-electron chi connectivity index (χ1n) is 5.39. The zero-order chi connectivity index (χ0) is 13.1. The van der Waals surface area contributed by atoms with Gasteiger partial charge in [0.25, 0.3) is 0 Å². The Morgan fingerprint density at radius 1 is 1.06 bits per heavy atom. The van der Waals surface area contributed by atoms with Gasteiger partial charge in [0.05, 0.1) is 12.1 Å². The van der Waals surface area contributed by atoms with Gasteiger partial charge >= 0.3 is 0 Å². The molecule has 2 nitrogen and oxygen atoms in total. The molecule has 1 N–H and O–H groups in total. The van der Waals surface area contributed by atoms with Crippen LogP contribution in [0.3, 0.4) is 0 Å². The van der Waals surface area contributed by atoms with Crippen molar-refractivity contribution in [2.24, 2.45) is 0 Å². The topological polar surface area (TPSA) is 29.5 Å². The number of rotatable bonds is 3. The molecule has 2 aromatic rings. The van der Waals surface area contributed by atoms with Gasteiger partial charge in [0.2, 0.25) is 0 Å². The van der Waals surface area contributed by atoms with Crippen molar-refractivity contribution in [3.8, 4) is 5.75 Å². The molecule has 0 spiro atoms. The number of methoxy groups -OCH3 is 1. The number of halogens is 2. The van der Waals surface area contributed by atoms with E-state index in [2.05, 4.69) is 0 Å². The zero-order valence-corrected chi connectivity index (χ0v) is 11.2. The first-order valence-corrected chi connectivity index (χ1v) is 6.14. The van der Waals surface area contributed by atoms with E-state index in [0.29, 0.717) is 21.4 Å². The van der Waals surface area contributed by atoms with E-state index in [0.717, 1.165) is 5.56 Å². The molecule has 0 aliphatic heterocycles. The van der Waals surface area contributed by atoms with Crippen molar-refractivity contribution in [1.29, 1.82) is 0 Å². The Bertz CT molecular complexity index is 538. The van der Waals surface area contributed by atoms with E-state index < -0.39 is 6.10 Å². The summed E-state index contributed by atoms with van der Waals surface area (Å²) in [5.74, 6) is 0.659. The maximum absolute atomic E-state index is 10.3. The molecule has 0 saturated heterocycles. The van der Waals surface area contributed by atoms with Gasteiger partial charge in [-0.3, -0.25) is 0 Å². The predicted octanol–water partition coefficient (Wildman–Crippen LogP) is 4.08. The average molecular weight is 283 g/mol. The van der Waals surface area contributed by atoms with Crippen molar-refractivity contribution in [2.45, 2.75) is 6.10 Å². The molecular weight excluding hydrogens is 271 g/mol. The van der Waals surface area contributed by atoms with E-state index >= 15 is 0 Å². The number of hydrogen-bond acceptors (Lipinski definition) is 2. The van der Waals surface area contributed by atoms with Crippen LogP contribution in [0.5, 0.6) is 5.75 Å². The van der Waals surface area contributed by atoms with Crippen molar-refractivity contribution in [3.05, 3.63) is 63.6 Å². The molecule has 2 rings (SSSR count). The lowest BCUT2D eigenvalue weighted by molar-refractivity contribution is 0.220. The minimum Gasteiger partial charge on any atom is -0.497 e. The lowest BCUT2D eigenvalue weighted by Crippen LogP contribution is -2.00. The molecule has 4 heteroatoms. The van der Waals surface area contributed by atoms with E-state index in [1.807, 2.05) is 0 Å². The minimum absolute atomic E-state index is 0.469. The van der Waals surface area contributed by atoms with Crippen molar-refractivity contribution in [3.63, 3.8) is 0 Å². The Hall–Kier alpha value is -1.22. The van der Waals surface area contributed by atoms with Crippen molar-refractivity contribution in [1.82, 2.24) is 0 Å². The Labute approximate surface area is 116 Å². The number of aliphatic hydroxyl groups excluding tert-OH is 1. The van der Waals surface area contributed by atoms with Gasteiger partial charge in [-0.15, -0.1) is 0 Å². The fraction of sp³-hybridized carbons (Fsp3) is 0.143. The van der Waals surface area contributed by atoms with Crippen LogP contribution in [0.15, 0.2) is 42.5 Å². The van der Waals surface area contributed by atoms with Gasteiger partial charge in [0.15, 0.2) is 0 Å². The second-order valence-electron chi connectivity index (χ2n) is 3.84. The van der Waals surface area contributed by atoms with Gasteiger partial charge in [-0.25, -0.2) is 0 Å². The van der Waals surface area contributed by atoms with Gasteiger partial charge < -0.3 is 9.84 Å². The minimum atomic E-state index is -0.777. The van der Waals surface area contributed by atoms with E-state index in [-0.39, 0.29) is 0 Å². The highest BCUT2D eigenvalue weighted by Gasteiger charge is 2.14. The van der Waals surface area contributed by atoms with Crippen LogP contribution >= 0.6 is 23.2 Å². The normalized spacial score (nSPS) is 12.2. The highest BCUT2D eigenvalue weighted by atomic mass is 35.5. The van der Waals surface area contributed by atoms with Crippen molar-refractivity contribution < 1.29 is 9.84 Å². The second-order valence-corrected chi connectivity index (χ2v) is 4.69. The van der Waals surface area contributed by atoms with Gasteiger partial charge in [-0.05, 0) is 29.8 Å². The van der Waals surface area contributed by atoms with Gasteiger partial charge in [0, 0.05) is 10.6 Å². The monoisotopic (exact) mass is 282 g/mol. The Morgan fingerprint density at radius 3 is 2.28 bits per heavy atom. The van der Waals surface area contributed by atoms with E-state index in [1.165, 1.54) is 0 Å². The van der Waals surface area contributed by atoms with Crippen molar-refractivity contribution >= 4 is 23.2 Å². The van der Waals surface area contributed by atoms with E-state index in [9.17, 15) is 5.11 Å². The molecule has 94 valence electrons. The molecule has 0 heterocycles. The molecule has 0 fully saturated rings. The van der Waals surface area contributed by atoms with E-state index in [4.69, 9.17) is 27.9 Å². The standard InChI is InChI=1S/C14H12Cl2O2/c1-18-11-6-7-12(13(16)8-11)14(17)9-2-4-10(15)5-3-9/h2-8,14,17H,1H3. The van der Waals surface area contributed by atoms with Gasteiger partial charge in [0.1, 0.15) is 11.9 Å². The Balaban J connectivity index is 2.33. The predicted molar refractivity (Wildman–Crippen MR) is 73.5 cm³/mol. The first-order chi connectivity index (χ1) is 8.61. The lowest BCUT2D eigenvalue weighted by Gasteiger charge is -2.14. The molecule has 2 aromatic carbocycles. The van der Waals surface area contributed by atoms with Crippen LogP contribution in [0.25, 0.3) is 0 Å². The maximum atomic E-state index is 10.3. The van der Waals surface area contributed by atoms with Crippen LogP contribution in [0.4, 0.5) is 0 Å². The molecule has 0 aliphatic carbocycles. The number of ether oxygens (including phenoxy) is 1. The lowest BCUT2D eigenvalue weighted by atomic mass is 10.0. The molecule has 1 atom stereocenters. The van der Waals surface area contributed by atoms with E-state index in [1.54, 1.807) is 49.6 Å². The summed E-state index contributed by atoms with van der Waals surface area (Å²) in [5.41, 5.74) is 1.38. The second kappa shape index (κ2) is 5.61. The largest absolute Gasteiger partial charge is 0.497 e. The van der Waals surface area contributed by atoms with Crippen LogP contribution in [0.2, 0.25) is 10.0 Å². The number of aliphatic hydroxyl groups is 1. The summed E-state index contributed by atoms with van der Waals surface area (Å²) in [6, 6.07) is 12.2. The average Bonchev–Trinajstić information content (AvgIpc) is 2.38. The molecule has 0 aliphatic rings. The Kier molecular flexibility index (Phi) is 4.12. The summed E-state index contributed by atoms with van der Waals surface area (Å²) in [5, 5.41) is 11.4. The van der Waals surface area contributed by atoms with Gasteiger partial charge in [-0.2, -0.15) is 0 Å². The van der Waals surface area contributed by atoms with Gasteiger partial charge in [-0.1, -0.05) is 41.4 Å². The van der Waals surface area contributed by atoms with Crippen molar-refractivity contribution in [2.75, 3.05) is 7.11 Å². The zero-order valence-electron chi connectivity index (χ0n) is 9.73. The third kappa shape index (κ3) is 2.78. The third-order valence-corrected chi connectivity index (χ3v) is 3.27. The molecular formula is C14H12Cl2O2. The maximum Gasteiger partial charge on any atom is 0.120 e. The molecule has 0 radical (unpaired) electrons. The van der Waals surface area contributed by atoms with Crippen LogP contribution in [0.1, 0.15) is 17.2 Å². The Morgan fingerprint density at radius 2 is 1.72 bits per heavy atom. The molecule has 18 heavy (non-hydrogen) atoms. The fourth-order valence-corrected chi connectivity index (χ4v) is 2.08. The summed E-state index contributed by atoms with van der Waals surface area (Å²) in [4.78, 5) is 0. The SMILES string of the molecule is COc1ccc(C(O)c2ccc(Cl)cc2)c(Cl)c1. The third-order valence-electron chi connectivity index (χ3n) is 2.69. The first kappa shape index (κ1) is 13.2. The highest BCUT2D eigenvalue weighted by Crippen LogP contribution is 2.31. The highest BCUT2D eigenvalue weighted by molar-refractivity contribution is 6.31. The molecule has 0 amide bonds. The summed E-state index contributed by atoms with van der Waals surface area (Å²) in [6.45, 7) is 0. The number of benzene rings is 2. The molecule has 0 saturated carbocycles. The summed E-state index contributed by atoms with van der Waals surface area (Å²) >= 11 is 11.9. The van der Waals surface area contributed by atoms with Crippen LogP contribution in [-0.4, -0.2) is 12.2 Å². The quantitative estimate of drug-likeness (QED) is 0.919. The smallest absolute Gasteiger partial charge is 0.120 e. The fourth-order valence-electron chi connectivity index (χ4n) is 1.68. The molecule has 0 aromatic heterocycles. The van der Waals surface area contributed by atoms with Crippen LogP contribution < -0.4 is 4.74 Å².